The molecular weight excluding hydrogens is 661 g/mol. The van der Waals surface area contributed by atoms with E-state index >= 15 is 0 Å². The Hall–Kier alpha value is -6.76. The molecule has 0 spiro atoms. The molecule has 0 amide bonds. The molecule has 9 aromatic rings. The summed E-state index contributed by atoms with van der Waals surface area (Å²) in [6.45, 7) is 0. The second kappa shape index (κ2) is 11.9. The molecule has 0 nitrogen and oxygen atoms in total. The summed E-state index contributed by atoms with van der Waals surface area (Å²) in [7, 11) is 0. The van der Waals surface area contributed by atoms with Crippen LogP contribution in [0, 0.1) is 0 Å². The molecular formula is C55H36. The van der Waals surface area contributed by atoms with Crippen molar-refractivity contribution in [3.05, 3.63) is 239 Å². The quantitative estimate of drug-likeness (QED) is 0.172. The van der Waals surface area contributed by atoms with Gasteiger partial charge in [0.2, 0.25) is 0 Å². The van der Waals surface area contributed by atoms with Crippen LogP contribution in [0.3, 0.4) is 0 Å². The number of fused-ring (bicyclic) bond motifs is 10. The predicted molar refractivity (Wildman–Crippen MR) is 229 cm³/mol. The number of hydrogen-bond acceptors (Lipinski definition) is 0. The Morgan fingerprint density at radius 1 is 0.273 bits per heavy atom. The van der Waals surface area contributed by atoms with E-state index in [0.29, 0.717) is 0 Å². The summed E-state index contributed by atoms with van der Waals surface area (Å²) in [4.78, 5) is 0. The SMILES string of the molecule is c1ccc(C2c3ccccc3-c3ccc(-c4ccc5c(c4)-c4ccccc4C5c4cccc5c(-c6ccc7c(c6)-c6ccccc6C7)cccc45)cc32)cc1. The lowest BCUT2D eigenvalue weighted by atomic mass is 9.84. The van der Waals surface area contributed by atoms with Crippen LogP contribution in [0.15, 0.2) is 194 Å². The fourth-order valence-corrected chi connectivity index (χ4v) is 10.2. The van der Waals surface area contributed by atoms with E-state index in [2.05, 4.69) is 194 Å². The molecule has 0 saturated heterocycles. The van der Waals surface area contributed by atoms with Gasteiger partial charge < -0.3 is 0 Å². The predicted octanol–water partition coefficient (Wildman–Crippen LogP) is 14.1. The van der Waals surface area contributed by atoms with Crippen molar-refractivity contribution < 1.29 is 0 Å². The first-order valence-corrected chi connectivity index (χ1v) is 19.5. The van der Waals surface area contributed by atoms with Gasteiger partial charge in [0.1, 0.15) is 0 Å². The van der Waals surface area contributed by atoms with E-state index in [9.17, 15) is 0 Å². The number of hydrogen-bond donors (Lipinski definition) is 0. The highest BCUT2D eigenvalue weighted by molar-refractivity contribution is 6.01. The van der Waals surface area contributed by atoms with Gasteiger partial charge in [-0.15, -0.1) is 0 Å². The second-order valence-corrected chi connectivity index (χ2v) is 15.5. The van der Waals surface area contributed by atoms with E-state index in [1.807, 2.05) is 0 Å². The molecule has 12 rings (SSSR count). The normalized spacial score (nSPS) is 15.6. The lowest BCUT2D eigenvalue weighted by Crippen LogP contribution is -2.01. The molecule has 2 unspecified atom stereocenters. The maximum atomic E-state index is 2.46. The zero-order chi connectivity index (χ0) is 36.0. The van der Waals surface area contributed by atoms with Gasteiger partial charge in [-0.1, -0.05) is 176 Å². The summed E-state index contributed by atoms with van der Waals surface area (Å²) >= 11 is 0. The Morgan fingerprint density at radius 2 is 0.836 bits per heavy atom. The fourth-order valence-electron chi connectivity index (χ4n) is 10.2. The van der Waals surface area contributed by atoms with Crippen LogP contribution in [-0.4, -0.2) is 0 Å². The molecule has 0 aliphatic heterocycles. The molecule has 3 aliphatic rings. The highest BCUT2D eigenvalue weighted by atomic mass is 14.4. The summed E-state index contributed by atoms with van der Waals surface area (Å²) in [6.07, 6.45) is 1.02. The zero-order valence-electron chi connectivity index (χ0n) is 30.3. The summed E-state index contributed by atoms with van der Waals surface area (Å²) in [5.41, 5.74) is 24.3. The van der Waals surface area contributed by atoms with Crippen LogP contribution >= 0.6 is 0 Å². The van der Waals surface area contributed by atoms with Crippen LogP contribution in [0.2, 0.25) is 0 Å². The van der Waals surface area contributed by atoms with Crippen LogP contribution in [0.5, 0.6) is 0 Å². The van der Waals surface area contributed by atoms with Crippen molar-refractivity contribution in [1.29, 1.82) is 0 Å². The maximum Gasteiger partial charge on any atom is 0.0358 e. The molecule has 9 aromatic carbocycles. The van der Waals surface area contributed by atoms with Gasteiger partial charge >= 0.3 is 0 Å². The van der Waals surface area contributed by atoms with Crippen molar-refractivity contribution in [2.45, 2.75) is 18.3 Å². The smallest absolute Gasteiger partial charge is 0.0358 e. The van der Waals surface area contributed by atoms with Gasteiger partial charge in [0.05, 0.1) is 0 Å². The van der Waals surface area contributed by atoms with Gasteiger partial charge in [0, 0.05) is 11.8 Å². The van der Waals surface area contributed by atoms with E-state index in [4.69, 9.17) is 0 Å². The van der Waals surface area contributed by atoms with Gasteiger partial charge in [0.15, 0.2) is 0 Å². The number of benzene rings is 9. The largest absolute Gasteiger partial charge is 0.0622 e. The Labute approximate surface area is 322 Å². The highest BCUT2D eigenvalue weighted by Gasteiger charge is 2.33. The third-order valence-electron chi connectivity index (χ3n) is 12.7. The third kappa shape index (κ3) is 4.58. The minimum Gasteiger partial charge on any atom is -0.0622 e. The van der Waals surface area contributed by atoms with E-state index in [1.165, 1.54) is 111 Å². The van der Waals surface area contributed by atoms with Crippen LogP contribution in [0.4, 0.5) is 0 Å². The van der Waals surface area contributed by atoms with Crippen molar-refractivity contribution in [1.82, 2.24) is 0 Å². The average Bonchev–Trinajstić information content (AvgIpc) is 3.90. The highest BCUT2D eigenvalue weighted by Crippen LogP contribution is 2.53. The molecule has 55 heavy (non-hydrogen) atoms. The third-order valence-corrected chi connectivity index (χ3v) is 12.7. The van der Waals surface area contributed by atoms with Crippen LogP contribution < -0.4 is 0 Å². The molecule has 0 heterocycles. The van der Waals surface area contributed by atoms with Crippen molar-refractivity contribution in [2.75, 3.05) is 0 Å². The number of rotatable bonds is 4. The van der Waals surface area contributed by atoms with Gasteiger partial charge in [-0.2, -0.15) is 0 Å². The van der Waals surface area contributed by atoms with E-state index < -0.39 is 0 Å². The van der Waals surface area contributed by atoms with E-state index in [1.54, 1.807) is 0 Å². The molecule has 0 fully saturated rings. The Bertz CT molecular complexity index is 3020. The standard InChI is InChI=1S/C55H36/c1-2-12-34(13-3-1)54-47-18-8-6-16-43(47)46-28-26-36(32-53(46)54)35-27-29-50-52(31-35)45-17-7-9-19-48(45)55(50)49-23-11-21-42-40(20-10-22-44(42)49)39-25-24-38-30-37-14-4-5-15-41(37)51(38)33-39/h1-29,31-33,54-55H,30H2. The van der Waals surface area contributed by atoms with Crippen LogP contribution in [0.25, 0.3) is 66.4 Å². The van der Waals surface area contributed by atoms with Crippen LogP contribution in [0.1, 0.15) is 56.3 Å². The molecule has 2 atom stereocenters. The molecule has 0 N–H and O–H groups in total. The molecule has 0 heteroatoms. The van der Waals surface area contributed by atoms with Crippen molar-refractivity contribution >= 4 is 10.8 Å². The first-order chi connectivity index (χ1) is 27.3. The van der Waals surface area contributed by atoms with Crippen molar-refractivity contribution in [3.63, 3.8) is 0 Å². The second-order valence-electron chi connectivity index (χ2n) is 15.5. The Balaban J connectivity index is 0.970. The van der Waals surface area contributed by atoms with Gasteiger partial charge in [-0.05, 0) is 136 Å². The van der Waals surface area contributed by atoms with E-state index in [0.717, 1.165) is 6.42 Å². The fraction of sp³-hybridized carbons (Fsp3) is 0.0545. The zero-order valence-corrected chi connectivity index (χ0v) is 30.3. The summed E-state index contributed by atoms with van der Waals surface area (Å²) < 4.78 is 0. The summed E-state index contributed by atoms with van der Waals surface area (Å²) in [5, 5.41) is 2.63. The first-order valence-electron chi connectivity index (χ1n) is 19.5. The van der Waals surface area contributed by atoms with Crippen molar-refractivity contribution in [3.8, 4) is 55.6 Å². The van der Waals surface area contributed by atoms with Gasteiger partial charge in [-0.25, -0.2) is 0 Å². The first kappa shape index (κ1) is 30.7. The summed E-state index contributed by atoms with van der Waals surface area (Å²) in [6, 6.07) is 73.1. The van der Waals surface area contributed by atoms with Gasteiger partial charge in [-0.3, -0.25) is 0 Å². The lowest BCUT2D eigenvalue weighted by molar-refractivity contribution is 1.02. The molecule has 0 bridgehead atoms. The van der Waals surface area contributed by atoms with Crippen LogP contribution in [-0.2, 0) is 6.42 Å². The topological polar surface area (TPSA) is 0 Å². The molecule has 256 valence electrons. The molecule has 0 saturated carbocycles. The molecule has 0 aromatic heterocycles. The molecule has 0 radical (unpaired) electrons. The summed E-state index contributed by atoms with van der Waals surface area (Å²) in [5.74, 6) is 0.388. The Kier molecular flexibility index (Phi) is 6.62. The van der Waals surface area contributed by atoms with E-state index in [-0.39, 0.29) is 11.8 Å². The maximum absolute atomic E-state index is 2.46. The van der Waals surface area contributed by atoms with Crippen molar-refractivity contribution in [2.24, 2.45) is 0 Å². The lowest BCUT2D eigenvalue weighted by Gasteiger charge is -2.19. The Morgan fingerprint density at radius 3 is 1.71 bits per heavy atom. The minimum atomic E-state index is 0.156. The monoisotopic (exact) mass is 696 g/mol. The molecule has 3 aliphatic carbocycles. The minimum absolute atomic E-state index is 0.156. The van der Waals surface area contributed by atoms with Gasteiger partial charge in [0.25, 0.3) is 0 Å². The average molecular weight is 697 g/mol.